The molecule has 110 valence electrons. The van der Waals surface area contributed by atoms with Gasteiger partial charge in [-0.05, 0) is 76.7 Å². The van der Waals surface area contributed by atoms with Crippen molar-refractivity contribution in [3.63, 3.8) is 0 Å². The van der Waals surface area contributed by atoms with E-state index in [2.05, 4.69) is 101 Å². The van der Waals surface area contributed by atoms with Gasteiger partial charge in [-0.3, -0.25) is 0 Å². The quantitative estimate of drug-likeness (QED) is 0.475. The lowest BCUT2D eigenvalue weighted by atomic mass is 10.2. The molecule has 0 radical (unpaired) electrons. The molecule has 0 aliphatic carbocycles. The summed E-state index contributed by atoms with van der Waals surface area (Å²) in [4.78, 5) is 0. The highest BCUT2D eigenvalue weighted by atomic mass is 127. The van der Waals surface area contributed by atoms with Gasteiger partial charge in [-0.25, -0.2) is 0 Å². The molecule has 0 spiro atoms. The lowest BCUT2D eigenvalue weighted by Crippen LogP contribution is -3.61. The van der Waals surface area contributed by atoms with Crippen molar-refractivity contribution in [2.24, 2.45) is 0 Å². The number of ether oxygens (including phenoxy) is 1. The fourth-order valence-corrected chi connectivity index (χ4v) is 4.52. The fraction of sp³-hybridized carbons (Fsp3) is 0.0526. The van der Waals surface area contributed by atoms with Crippen LogP contribution in [0.1, 0.15) is 5.56 Å². The molecule has 0 saturated heterocycles. The molecule has 3 aromatic carbocycles. The Morgan fingerprint density at radius 1 is 0.727 bits per heavy atom. The second-order valence-electron chi connectivity index (χ2n) is 4.76. The number of halogens is 2. The highest BCUT2D eigenvalue weighted by Crippen LogP contribution is 2.13. The first-order chi connectivity index (χ1) is 10.8. The van der Waals surface area contributed by atoms with Crippen LogP contribution in [0.3, 0.4) is 0 Å². The predicted octanol–water partition coefficient (Wildman–Crippen LogP) is 2.00. The maximum absolute atomic E-state index is 5.85. The largest absolute Gasteiger partial charge is 0.489 e. The number of hydrogen-bond acceptors (Lipinski definition) is 1. The molecule has 3 rings (SSSR count). The maximum atomic E-state index is 5.85. The first-order valence-electron chi connectivity index (χ1n) is 6.97. The van der Waals surface area contributed by atoms with Gasteiger partial charge in [-0.1, -0.05) is 30.3 Å². The summed E-state index contributed by atoms with van der Waals surface area (Å²) in [5, 5.41) is 0. The minimum absolute atomic E-state index is 0.0986. The van der Waals surface area contributed by atoms with Crippen LogP contribution in [0.25, 0.3) is 0 Å². The normalized spacial score (nSPS) is 10.4. The maximum Gasteiger partial charge on any atom is 0.357 e. The van der Waals surface area contributed by atoms with E-state index in [1.807, 2.05) is 0 Å². The molecule has 3 aromatic rings. The van der Waals surface area contributed by atoms with Crippen LogP contribution in [-0.2, 0) is 6.61 Å². The molecule has 0 heterocycles. The van der Waals surface area contributed by atoms with Crippen molar-refractivity contribution in [1.82, 2.24) is 0 Å². The predicted molar refractivity (Wildman–Crippen MR) is 93.8 cm³/mol. The average Bonchev–Trinajstić information content (AvgIpc) is 2.57. The van der Waals surface area contributed by atoms with Crippen molar-refractivity contribution < 1.29 is 25.9 Å². The summed E-state index contributed by atoms with van der Waals surface area (Å²) >= 11 is 2.21. The van der Waals surface area contributed by atoms with Crippen molar-refractivity contribution in [1.29, 1.82) is 0 Å². The monoisotopic (exact) mass is 513 g/mol. The lowest BCUT2D eigenvalue weighted by Gasteiger charge is -2.05. The summed E-state index contributed by atoms with van der Waals surface area (Å²) in [6.45, 7) is 0.615. The third-order valence-electron chi connectivity index (χ3n) is 3.08. The van der Waals surface area contributed by atoms with E-state index in [-0.39, 0.29) is 21.2 Å². The lowest BCUT2D eigenvalue weighted by molar-refractivity contribution is -0.597. The van der Waals surface area contributed by atoms with E-state index in [0.717, 1.165) is 5.75 Å². The Balaban J connectivity index is 1.58. The molecular weight excluding hydrogens is 498 g/mol. The van der Waals surface area contributed by atoms with Gasteiger partial charge in [0.05, 0.1) is 0 Å². The van der Waals surface area contributed by atoms with Gasteiger partial charge in [0.2, 0.25) is 0 Å². The SMILES string of the molecule is Ic1ccc(COc2ccc([I+]c3ccccc3)cc2)cc1. The molecule has 0 aliphatic rings. The van der Waals surface area contributed by atoms with Gasteiger partial charge < -0.3 is 4.74 Å². The van der Waals surface area contributed by atoms with Crippen molar-refractivity contribution in [2.75, 3.05) is 0 Å². The van der Waals surface area contributed by atoms with Crippen molar-refractivity contribution in [2.45, 2.75) is 6.61 Å². The third kappa shape index (κ3) is 4.71. The zero-order valence-corrected chi connectivity index (χ0v) is 16.2. The minimum Gasteiger partial charge on any atom is -0.489 e. The van der Waals surface area contributed by atoms with Crippen LogP contribution in [-0.4, -0.2) is 0 Å². The van der Waals surface area contributed by atoms with E-state index in [4.69, 9.17) is 4.74 Å². The van der Waals surface area contributed by atoms with Crippen LogP contribution < -0.4 is 25.9 Å². The molecule has 0 aliphatic heterocycles. The summed E-state index contributed by atoms with van der Waals surface area (Å²) in [5.74, 6) is 0.930. The fourth-order valence-electron chi connectivity index (χ4n) is 1.94. The Morgan fingerprint density at radius 3 is 2.05 bits per heavy atom. The molecule has 22 heavy (non-hydrogen) atoms. The Labute approximate surface area is 155 Å². The molecule has 0 aromatic heterocycles. The summed E-state index contributed by atoms with van der Waals surface area (Å²) in [7, 11) is 0. The molecular formula is C19H15I2O+. The third-order valence-corrected chi connectivity index (χ3v) is 6.49. The number of rotatable bonds is 5. The van der Waals surface area contributed by atoms with Crippen LogP contribution in [0.2, 0.25) is 0 Å². The molecule has 3 heteroatoms. The highest BCUT2D eigenvalue weighted by molar-refractivity contribution is 14.1. The van der Waals surface area contributed by atoms with Gasteiger partial charge in [0.1, 0.15) is 12.4 Å². The van der Waals surface area contributed by atoms with Crippen LogP contribution >= 0.6 is 22.6 Å². The smallest absolute Gasteiger partial charge is 0.357 e. The summed E-state index contributed by atoms with van der Waals surface area (Å²) < 4.78 is 9.94. The average molecular weight is 513 g/mol. The topological polar surface area (TPSA) is 9.23 Å². The van der Waals surface area contributed by atoms with E-state index in [1.54, 1.807) is 0 Å². The Hall–Kier alpha value is -1.08. The molecule has 1 nitrogen and oxygen atoms in total. The summed E-state index contributed by atoms with van der Waals surface area (Å²) in [6, 6.07) is 27.6. The number of hydrogen-bond donors (Lipinski definition) is 0. The molecule has 0 atom stereocenters. The standard InChI is InChI=1S/C19H15I2O/c20-16-8-6-15(7-9-16)14-22-19-12-10-18(11-13-19)21-17-4-2-1-3-5-17/h1-13H,14H2/q+1. The second kappa shape index (κ2) is 7.97. The van der Waals surface area contributed by atoms with Crippen molar-refractivity contribution in [3.8, 4) is 5.75 Å². The van der Waals surface area contributed by atoms with Gasteiger partial charge in [-0.15, -0.1) is 0 Å². The van der Waals surface area contributed by atoms with E-state index >= 15 is 0 Å². The van der Waals surface area contributed by atoms with Gasteiger partial charge in [-0.2, -0.15) is 0 Å². The first-order valence-corrected chi connectivity index (χ1v) is 10.2. The summed E-state index contributed by atoms with van der Waals surface area (Å²) in [5.41, 5.74) is 1.20. The molecule has 0 saturated carbocycles. The van der Waals surface area contributed by atoms with Gasteiger partial charge in [0.25, 0.3) is 0 Å². The van der Waals surface area contributed by atoms with Crippen LogP contribution in [0.15, 0.2) is 78.9 Å². The highest BCUT2D eigenvalue weighted by Gasteiger charge is 2.14. The summed E-state index contributed by atoms with van der Waals surface area (Å²) in [6.07, 6.45) is 0. The van der Waals surface area contributed by atoms with Gasteiger partial charge in [0, 0.05) is 3.57 Å². The Morgan fingerprint density at radius 2 is 1.36 bits per heavy atom. The Bertz CT molecular complexity index is 707. The number of benzene rings is 3. The van der Waals surface area contributed by atoms with Gasteiger partial charge >= 0.3 is 21.2 Å². The van der Waals surface area contributed by atoms with Crippen LogP contribution in [0, 0.1) is 10.7 Å². The van der Waals surface area contributed by atoms with E-state index in [0.29, 0.717) is 6.61 Å². The second-order valence-corrected chi connectivity index (χ2v) is 9.04. The Kier molecular flexibility index (Phi) is 5.72. The zero-order valence-electron chi connectivity index (χ0n) is 11.9. The molecule has 0 amide bonds. The molecule has 0 fully saturated rings. The molecule has 0 N–H and O–H groups in total. The van der Waals surface area contributed by atoms with E-state index in [9.17, 15) is 0 Å². The van der Waals surface area contributed by atoms with E-state index < -0.39 is 0 Å². The zero-order chi connectivity index (χ0) is 15.2. The van der Waals surface area contributed by atoms with Crippen molar-refractivity contribution >= 4 is 22.6 Å². The van der Waals surface area contributed by atoms with Crippen LogP contribution in [0.5, 0.6) is 5.75 Å². The van der Waals surface area contributed by atoms with E-state index in [1.165, 1.54) is 16.3 Å². The first kappa shape index (κ1) is 15.8. The molecule has 0 bridgehead atoms. The van der Waals surface area contributed by atoms with Crippen LogP contribution in [0.4, 0.5) is 0 Å². The van der Waals surface area contributed by atoms with Gasteiger partial charge in [0.15, 0.2) is 7.14 Å². The molecule has 0 unspecified atom stereocenters. The van der Waals surface area contributed by atoms with Crippen molar-refractivity contribution in [3.05, 3.63) is 95.1 Å². The minimum atomic E-state index is -0.0986.